The first-order valence-corrected chi connectivity index (χ1v) is 6.28. The van der Waals surface area contributed by atoms with Crippen LogP contribution in [0.15, 0.2) is 6.33 Å². The summed E-state index contributed by atoms with van der Waals surface area (Å²) in [7, 11) is 1.86. The van der Waals surface area contributed by atoms with E-state index < -0.39 is 6.10 Å². The van der Waals surface area contributed by atoms with Crippen LogP contribution in [0.4, 0.5) is 0 Å². The molecule has 0 spiro atoms. The molecule has 1 N–H and O–H groups in total. The summed E-state index contributed by atoms with van der Waals surface area (Å²) in [5, 5.41) is 14.4. The van der Waals surface area contributed by atoms with Crippen LogP contribution >= 0.6 is 0 Å². The molecule has 2 heterocycles. The van der Waals surface area contributed by atoms with E-state index >= 15 is 0 Å². The van der Waals surface area contributed by atoms with Crippen LogP contribution in [0, 0.1) is 0 Å². The second-order valence-corrected chi connectivity index (χ2v) is 5.37. The monoisotopic (exact) mass is 238 g/mol. The molecule has 0 amide bonds. The highest BCUT2D eigenvalue weighted by atomic mass is 16.3. The Bertz CT molecular complexity index is 368. The third kappa shape index (κ3) is 2.50. The minimum atomic E-state index is -0.413. The zero-order valence-corrected chi connectivity index (χ0v) is 10.9. The van der Waals surface area contributed by atoms with Gasteiger partial charge in [-0.05, 0) is 39.8 Å². The molecular weight excluding hydrogens is 216 g/mol. The number of aryl methyl sites for hydroxylation is 1. The zero-order valence-electron chi connectivity index (χ0n) is 10.9. The molecule has 1 saturated heterocycles. The van der Waals surface area contributed by atoms with E-state index in [0.717, 1.165) is 18.9 Å². The van der Waals surface area contributed by atoms with E-state index in [9.17, 15) is 5.11 Å². The standard InChI is InChI=1S/C12H22N4O/c1-12(2,16-6-4-5-7-16)10(17)8-11-13-9-14-15(11)3/h9-10,17H,4-8H2,1-3H3. The first-order chi connectivity index (χ1) is 8.01. The van der Waals surface area contributed by atoms with Gasteiger partial charge in [-0.3, -0.25) is 9.58 Å². The maximum atomic E-state index is 10.4. The lowest BCUT2D eigenvalue weighted by molar-refractivity contribution is 0.00185. The number of nitrogens with zero attached hydrogens (tertiary/aromatic N) is 4. The lowest BCUT2D eigenvalue weighted by Crippen LogP contribution is -2.52. The molecule has 1 atom stereocenters. The van der Waals surface area contributed by atoms with Crippen LogP contribution in [0.5, 0.6) is 0 Å². The summed E-state index contributed by atoms with van der Waals surface area (Å²) in [6, 6.07) is 0. The lowest BCUT2D eigenvalue weighted by Gasteiger charge is -2.39. The molecule has 2 rings (SSSR count). The minimum absolute atomic E-state index is 0.192. The second kappa shape index (κ2) is 4.74. The molecule has 1 aliphatic heterocycles. The molecule has 0 aliphatic carbocycles. The first-order valence-electron chi connectivity index (χ1n) is 6.28. The summed E-state index contributed by atoms with van der Waals surface area (Å²) in [5.74, 6) is 0.838. The van der Waals surface area contributed by atoms with E-state index in [2.05, 4.69) is 28.8 Å². The molecule has 5 heteroatoms. The van der Waals surface area contributed by atoms with Crippen LogP contribution < -0.4 is 0 Å². The minimum Gasteiger partial charge on any atom is -0.391 e. The summed E-state index contributed by atoms with van der Waals surface area (Å²) in [6.07, 6.45) is 4.15. The lowest BCUT2D eigenvalue weighted by atomic mass is 9.92. The molecule has 1 aliphatic rings. The zero-order chi connectivity index (χ0) is 12.5. The van der Waals surface area contributed by atoms with Crippen molar-refractivity contribution >= 4 is 0 Å². The molecule has 1 unspecified atom stereocenters. The summed E-state index contributed by atoms with van der Waals surface area (Å²) >= 11 is 0. The van der Waals surface area contributed by atoms with Gasteiger partial charge in [-0.1, -0.05) is 0 Å². The maximum absolute atomic E-state index is 10.4. The average Bonchev–Trinajstić information content (AvgIpc) is 2.90. The van der Waals surface area contributed by atoms with E-state index in [1.807, 2.05) is 7.05 Å². The Morgan fingerprint density at radius 3 is 2.59 bits per heavy atom. The maximum Gasteiger partial charge on any atom is 0.138 e. The van der Waals surface area contributed by atoms with Crippen LogP contribution in [-0.2, 0) is 13.5 Å². The van der Waals surface area contributed by atoms with Crippen LogP contribution in [-0.4, -0.2) is 49.5 Å². The second-order valence-electron chi connectivity index (χ2n) is 5.37. The van der Waals surface area contributed by atoms with Crippen LogP contribution in [0.2, 0.25) is 0 Å². The SMILES string of the molecule is Cn1ncnc1CC(O)C(C)(C)N1CCCC1. The highest BCUT2D eigenvalue weighted by Gasteiger charge is 2.36. The normalized spacial score (nSPS) is 19.8. The van der Waals surface area contributed by atoms with Gasteiger partial charge in [-0.2, -0.15) is 5.10 Å². The molecule has 1 aromatic rings. The van der Waals surface area contributed by atoms with Gasteiger partial charge < -0.3 is 5.11 Å². The van der Waals surface area contributed by atoms with Gasteiger partial charge in [0.2, 0.25) is 0 Å². The van der Waals surface area contributed by atoms with Gasteiger partial charge in [0.05, 0.1) is 6.10 Å². The summed E-state index contributed by atoms with van der Waals surface area (Å²) in [4.78, 5) is 6.54. The van der Waals surface area contributed by atoms with E-state index in [1.165, 1.54) is 19.2 Å². The smallest absolute Gasteiger partial charge is 0.138 e. The van der Waals surface area contributed by atoms with E-state index in [1.54, 1.807) is 4.68 Å². The van der Waals surface area contributed by atoms with Gasteiger partial charge in [-0.15, -0.1) is 0 Å². The van der Waals surface area contributed by atoms with E-state index in [-0.39, 0.29) is 5.54 Å². The van der Waals surface area contributed by atoms with Gasteiger partial charge in [-0.25, -0.2) is 4.98 Å². The summed E-state index contributed by atoms with van der Waals surface area (Å²) in [6.45, 7) is 6.39. The molecular formula is C12H22N4O. The quantitative estimate of drug-likeness (QED) is 0.834. The molecule has 1 aromatic heterocycles. The largest absolute Gasteiger partial charge is 0.391 e. The predicted octanol–water partition coefficient (Wildman–Crippen LogP) is 0.593. The fourth-order valence-corrected chi connectivity index (χ4v) is 2.43. The van der Waals surface area contributed by atoms with Gasteiger partial charge >= 0.3 is 0 Å². The van der Waals surface area contributed by atoms with Gasteiger partial charge in [0.15, 0.2) is 0 Å². The van der Waals surface area contributed by atoms with E-state index in [4.69, 9.17) is 0 Å². The molecule has 0 saturated carbocycles. The first kappa shape index (κ1) is 12.5. The van der Waals surface area contributed by atoms with E-state index in [0.29, 0.717) is 6.42 Å². The highest BCUT2D eigenvalue weighted by Crippen LogP contribution is 2.25. The van der Waals surface area contributed by atoms with Crippen molar-refractivity contribution in [3.8, 4) is 0 Å². The summed E-state index contributed by atoms with van der Waals surface area (Å²) < 4.78 is 1.73. The van der Waals surface area contributed by atoms with Crippen molar-refractivity contribution in [1.82, 2.24) is 19.7 Å². The third-order valence-electron chi connectivity index (χ3n) is 3.92. The number of hydrogen-bond donors (Lipinski definition) is 1. The molecule has 1 fully saturated rings. The molecule has 96 valence electrons. The predicted molar refractivity (Wildman–Crippen MR) is 65.6 cm³/mol. The summed E-state index contributed by atoms with van der Waals surface area (Å²) in [5.41, 5.74) is -0.192. The van der Waals surface area contributed by atoms with Crippen molar-refractivity contribution in [3.63, 3.8) is 0 Å². The van der Waals surface area contributed by atoms with Gasteiger partial charge in [0.1, 0.15) is 12.2 Å². The van der Waals surface area contributed by atoms with Crippen molar-refractivity contribution in [1.29, 1.82) is 0 Å². The van der Waals surface area contributed by atoms with Crippen LogP contribution in [0.3, 0.4) is 0 Å². The Balaban J connectivity index is 2.03. The Labute approximate surface area is 102 Å². The van der Waals surface area contributed by atoms with Crippen molar-refractivity contribution in [2.24, 2.45) is 7.05 Å². The third-order valence-corrected chi connectivity index (χ3v) is 3.92. The fourth-order valence-electron chi connectivity index (χ4n) is 2.43. The number of aliphatic hydroxyl groups is 1. The van der Waals surface area contributed by atoms with Crippen LogP contribution in [0.25, 0.3) is 0 Å². The Morgan fingerprint density at radius 2 is 2.06 bits per heavy atom. The van der Waals surface area contributed by atoms with Crippen molar-refractivity contribution in [2.75, 3.05) is 13.1 Å². The Kier molecular flexibility index (Phi) is 3.49. The number of aromatic nitrogens is 3. The van der Waals surface area contributed by atoms with Gasteiger partial charge in [0.25, 0.3) is 0 Å². The van der Waals surface area contributed by atoms with Crippen molar-refractivity contribution < 1.29 is 5.11 Å². The van der Waals surface area contributed by atoms with Gasteiger partial charge in [0, 0.05) is 19.0 Å². The molecule has 17 heavy (non-hydrogen) atoms. The number of aliphatic hydroxyl groups excluding tert-OH is 1. The average molecular weight is 238 g/mol. The molecule has 0 radical (unpaired) electrons. The number of hydrogen-bond acceptors (Lipinski definition) is 4. The molecule has 0 aromatic carbocycles. The van der Waals surface area contributed by atoms with Crippen molar-refractivity contribution in [2.45, 2.75) is 44.8 Å². The topological polar surface area (TPSA) is 54.2 Å². The molecule has 0 bridgehead atoms. The highest BCUT2D eigenvalue weighted by molar-refractivity contribution is 4.97. The number of rotatable bonds is 4. The molecule has 5 nitrogen and oxygen atoms in total. The van der Waals surface area contributed by atoms with Crippen LogP contribution in [0.1, 0.15) is 32.5 Å². The Morgan fingerprint density at radius 1 is 1.41 bits per heavy atom. The van der Waals surface area contributed by atoms with Crippen molar-refractivity contribution in [3.05, 3.63) is 12.2 Å². The fraction of sp³-hybridized carbons (Fsp3) is 0.833. The number of likely N-dealkylation sites (tertiary alicyclic amines) is 1. The Hall–Kier alpha value is -0.940.